The van der Waals surface area contributed by atoms with E-state index >= 15 is 0 Å². The van der Waals surface area contributed by atoms with Crippen LogP contribution in [0.4, 0.5) is 0 Å². The van der Waals surface area contributed by atoms with E-state index in [-0.39, 0.29) is 15.9 Å². The molecule has 0 atom stereocenters. The molecule has 0 aliphatic heterocycles. The number of hydrogen-bond acceptors (Lipinski definition) is 4. The van der Waals surface area contributed by atoms with Crippen LogP contribution in [0.2, 0.25) is 0 Å². The van der Waals surface area contributed by atoms with Crippen LogP contribution in [0.1, 0.15) is 22.8 Å². The van der Waals surface area contributed by atoms with E-state index in [2.05, 4.69) is 11.7 Å². The predicted molar refractivity (Wildman–Crippen MR) is 88.4 cm³/mol. The normalized spacial score (nSPS) is 11.2. The fraction of sp³-hybridized carbons (Fsp3) is 0.188. The largest absolute Gasteiger partial charge is 0.322 e. The fourth-order valence-corrected chi connectivity index (χ4v) is 3.70. The Balaban J connectivity index is 2.88. The molecule has 0 bridgehead atoms. The monoisotopic (exact) mass is 332 g/mol. The molecule has 23 heavy (non-hydrogen) atoms. The van der Waals surface area contributed by atoms with E-state index in [0.29, 0.717) is 17.7 Å². The number of rotatable bonds is 4. The first kappa shape index (κ1) is 16.8. The van der Waals surface area contributed by atoms with Crippen molar-refractivity contribution in [1.29, 1.82) is 0 Å². The van der Waals surface area contributed by atoms with Crippen molar-refractivity contribution >= 4 is 22.5 Å². The Morgan fingerprint density at radius 2 is 1.83 bits per heavy atom. The molecule has 1 aromatic heterocycles. The molecular formula is C16H16N2O4S. The van der Waals surface area contributed by atoms with Crippen LogP contribution in [0.25, 0.3) is 5.69 Å². The molecule has 0 spiro atoms. The van der Waals surface area contributed by atoms with E-state index < -0.39 is 15.7 Å². The van der Waals surface area contributed by atoms with Gasteiger partial charge in [-0.2, -0.15) is 0 Å². The van der Waals surface area contributed by atoms with Gasteiger partial charge in [0.1, 0.15) is 0 Å². The van der Waals surface area contributed by atoms with Crippen LogP contribution in [0.15, 0.2) is 51.3 Å². The number of carbonyl (C=O) groups excluding carboxylic acids is 1. The number of sulfone groups is 1. The van der Waals surface area contributed by atoms with Crippen LogP contribution >= 0.6 is 0 Å². The van der Waals surface area contributed by atoms with Gasteiger partial charge in [0.25, 0.3) is 5.91 Å². The number of aromatic nitrogens is 1. The van der Waals surface area contributed by atoms with Crippen molar-refractivity contribution in [2.45, 2.75) is 18.2 Å². The zero-order valence-electron chi connectivity index (χ0n) is 12.8. The van der Waals surface area contributed by atoms with Gasteiger partial charge in [0, 0.05) is 36.3 Å². The third kappa shape index (κ3) is 3.29. The summed E-state index contributed by atoms with van der Waals surface area (Å²) in [4.78, 5) is 26.6. The molecule has 1 aromatic carbocycles. The summed E-state index contributed by atoms with van der Waals surface area (Å²) < 4.78 is 26.1. The van der Waals surface area contributed by atoms with Crippen molar-refractivity contribution in [2.24, 2.45) is 4.99 Å². The Morgan fingerprint density at radius 3 is 2.30 bits per heavy atom. The van der Waals surface area contributed by atoms with E-state index in [1.807, 2.05) is 0 Å². The highest BCUT2D eigenvalue weighted by atomic mass is 32.2. The van der Waals surface area contributed by atoms with Gasteiger partial charge in [0.2, 0.25) is 0 Å². The van der Waals surface area contributed by atoms with Crippen molar-refractivity contribution < 1.29 is 13.2 Å². The number of benzene rings is 1. The van der Waals surface area contributed by atoms with Gasteiger partial charge in [0.05, 0.1) is 10.6 Å². The lowest BCUT2D eigenvalue weighted by molar-refractivity contribution is 0.100. The highest BCUT2D eigenvalue weighted by molar-refractivity contribution is 7.90. The molecule has 1 amide bonds. The standard InChI is InChI=1S/C16H16N2O4S/c1-4-12-13(16(20)17-2)5-6-14(15(12)23(3,21)22)18-9-7-11(19)8-10-18/h5-10H,2,4H2,1,3H3. The Bertz CT molecular complexity index is 923. The summed E-state index contributed by atoms with van der Waals surface area (Å²) in [5, 5.41) is 0. The minimum Gasteiger partial charge on any atom is -0.322 e. The maximum atomic E-state index is 12.3. The predicted octanol–water partition coefficient (Wildman–Crippen LogP) is 1.64. The van der Waals surface area contributed by atoms with Gasteiger partial charge in [0.15, 0.2) is 15.3 Å². The third-order valence-corrected chi connectivity index (χ3v) is 4.61. The summed E-state index contributed by atoms with van der Waals surface area (Å²) in [5.74, 6) is -0.571. The minimum atomic E-state index is -3.61. The molecule has 0 unspecified atom stereocenters. The molecule has 0 saturated heterocycles. The average Bonchev–Trinajstić information content (AvgIpc) is 2.52. The number of hydrogen-bond donors (Lipinski definition) is 0. The lowest BCUT2D eigenvalue weighted by Crippen LogP contribution is -2.13. The molecule has 6 nitrogen and oxygen atoms in total. The van der Waals surface area contributed by atoms with Gasteiger partial charge in [-0.05, 0) is 30.8 Å². The first-order valence-corrected chi connectivity index (χ1v) is 8.74. The summed E-state index contributed by atoms with van der Waals surface area (Å²) in [6.07, 6.45) is 4.40. The van der Waals surface area contributed by atoms with Crippen molar-refractivity contribution in [3.05, 3.63) is 58.0 Å². The zero-order valence-corrected chi connectivity index (χ0v) is 13.6. The quantitative estimate of drug-likeness (QED) is 0.797. The van der Waals surface area contributed by atoms with Gasteiger partial charge < -0.3 is 4.57 Å². The second-order valence-corrected chi connectivity index (χ2v) is 6.92. The number of amides is 1. The van der Waals surface area contributed by atoms with E-state index in [1.54, 1.807) is 6.92 Å². The molecule has 0 N–H and O–H groups in total. The average molecular weight is 332 g/mol. The molecule has 7 heteroatoms. The van der Waals surface area contributed by atoms with E-state index in [4.69, 9.17) is 0 Å². The van der Waals surface area contributed by atoms with Gasteiger partial charge >= 0.3 is 0 Å². The number of carbonyl (C=O) groups is 1. The first-order valence-electron chi connectivity index (χ1n) is 6.85. The van der Waals surface area contributed by atoms with Crippen LogP contribution in [0, 0.1) is 0 Å². The smallest absolute Gasteiger partial charge is 0.276 e. The van der Waals surface area contributed by atoms with Crippen molar-refractivity contribution in [1.82, 2.24) is 4.57 Å². The summed E-state index contributed by atoms with van der Waals surface area (Å²) in [7, 11) is -3.61. The number of aliphatic imine (C=N–C) groups is 1. The van der Waals surface area contributed by atoms with Crippen LogP contribution in [0.5, 0.6) is 0 Å². The zero-order chi connectivity index (χ0) is 17.2. The van der Waals surface area contributed by atoms with Gasteiger partial charge in [-0.25, -0.2) is 13.4 Å². The number of pyridine rings is 1. The Hall–Kier alpha value is -2.54. The highest BCUT2D eigenvalue weighted by Crippen LogP contribution is 2.28. The van der Waals surface area contributed by atoms with Crippen LogP contribution in [-0.4, -0.2) is 31.9 Å². The molecule has 0 fully saturated rings. The summed E-state index contributed by atoms with van der Waals surface area (Å²) in [5.41, 5.74) is 0.805. The van der Waals surface area contributed by atoms with E-state index in [1.165, 1.54) is 41.2 Å². The van der Waals surface area contributed by atoms with Crippen molar-refractivity contribution in [2.75, 3.05) is 6.26 Å². The second-order valence-electron chi connectivity index (χ2n) is 4.97. The molecule has 0 saturated carbocycles. The van der Waals surface area contributed by atoms with Gasteiger partial charge in [-0.15, -0.1) is 0 Å². The molecule has 1 heterocycles. The Morgan fingerprint density at radius 1 is 1.22 bits per heavy atom. The highest BCUT2D eigenvalue weighted by Gasteiger charge is 2.23. The van der Waals surface area contributed by atoms with Crippen molar-refractivity contribution in [3.63, 3.8) is 0 Å². The molecule has 2 aromatic rings. The van der Waals surface area contributed by atoms with E-state index in [9.17, 15) is 18.0 Å². The molecule has 0 aliphatic carbocycles. The Kier molecular flexibility index (Phi) is 4.60. The van der Waals surface area contributed by atoms with Crippen molar-refractivity contribution in [3.8, 4) is 5.69 Å². The summed E-state index contributed by atoms with van der Waals surface area (Å²) >= 11 is 0. The topological polar surface area (TPSA) is 85.6 Å². The second kappa shape index (κ2) is 6.29. The van der Waals surface area contributed by atoms with E-state index in [0.717, 1.165) is 6.26 Å². The maximum Gasteiger partial charge on any atom is 0.276 e. The Labute approximate surface area is 134 Å². The summed E-state index contributed by atoms with van der Waals surface area (Å²) in [6.45, 7) is 4.97. The molecule has 2 rings (SSSR count). The third-order valence-electron chi connectivity index (χ3n) is 3.42. The molecule has 120 valence electrons. The van der Waals surface area contributed by atoms with Crippen LogP contribution < -0.4 is 5.43 Å². The SMILES string of the molecule is C=NC(=O)c1ccc(-n2ccc(=O)cc2)c(S(C)(=O)=O)c1CC. The molecule has 0 aliphatic rings. The van der Waals surface area contributed by atoms with Crippen LogP contribution in [-0.2, 0) is 16.3 Å². The maximum absolute atomic E-state index is 12.3. The van der Waals surface area contributed by atoms with Crippen LogP contribution in [0.3, 0.4) is 0 Å². The van der Waals surface area contributed by atoms with Gasteiger partial charge in [-0.1, -0.05) is 6.92 Å². The number of nitrogens with zero attached hydrogens (tertiary/aromatic N) is 2. The lowest BCUT2D eigenvalue weighted by atomic mass is 10.0. The van der Waals surface area contributed by atoms with Gasteiger partial charge in [-0.3, -0.25) is 9.59 Å². The fourth-order valence-electron chi connectivity index (χ4n) is 2.44. The minimum absolute atomic E-state index is 0.0538. The summed E-state index contributed by atoms with van der Waals surface area (Å²) in [6, 6.07) is 5.72. The lowest BCUT2D eigenvalue weighted by Gasteiger charge is -2.17. The molecule has 0 radical (unpaired) electrons. The molecular weight excluding hydrogens is 316 g/mol. The first-order chi connectivity index (χ1) is 10.8.